The zero-order valence-electron chi connectivity index (χ0n) is 13.3. The lowest BCUT2D eigenvalue weighted by Crippen LogP contribution is -2.26. The molecule has 130 valence electrons. The standard InChI is InChI=1S/C16H18F2N2O4/c1-22-7-3-6-20-15(21)12(10-19)8-11-4-5-13(23-2)14(9-11)24-16(17)18/h4-5,8-9,16H,3,6-7H2,1-2H3,(H,20,21)/b12-8+. The maximum Gasteiger partial charge on any atom is 0.387 e. The minimum atomic E-state index is -3.02. The van der Waals surface area contributed by atoms with Crippen LogP contribution in [0.15, 0.2) is 23.8 Å². The van der Waals surface area contributed by atoms with E-state index >= 15 is 0 Å². The third-order valence-corrected chi connectivity index (χ3v) is 2.89. The van der Waals surface area contributed by atoms with Crippen LogP contribution in [0.25, 0.3) is 6.08 Å². The van der Waals surface area contributed by atoms with Gasteiger partial charge in [-0.3, -0.25) is 4.79 Å². The fourth-order valence-electron chi connectivity index (χ4n) is 1.80. The largest absolute Gasteiger partial charge is 0.493 e. The Morgan fingerprint density at radius 1 is 1.38 bits per heavy atom. The van der Waals surface area contributed by atoms with E-state index in [-0.39, 0.29) is 17.1 Å². The molecule has 1 amide bonds. The van der Waals surface area contributed by atoms with Crippen LogP contribution >= 0.6 is 0 Å². The summed E-state index contributed by atoms with van der Waals surface area (Å²) < 4.78 is 39.0. The van der Waals surface area contributed by atoms with Crippen molar-refractivity contribution in [1.82, 2.24) is 5.32 Å². The van der Waals surface area contributed by atoms with Crippen molar-refractivity contribution >= 4 is 12.0 Å². The number of nitrogens with zero attached hydrogens (tertiary/aromatic N) is 1. The van der Waals surface area contributed by atoms with E-state index in [1.807, 2.05) is 0 Å². The summed E-state index contributed by atoms with van der Waals surface area (Å²) in [5, 5.41) is 11.7. The topological polar surface area (TPSA) is 80.6 Å². The predicted molar refractivity (Wildman–Crippen MR) is 82.7 cm³/mol. The molecular weight excluding hydrogens is 322 g/mol. The third kappa shape index (κ3) is 6.22. The summed E-state index contributed by atoms with van der Waals surface area (Å²) in [5.41, 5.74) is 0.204. The van der Waals surface area contributed by atoms with Gasteiger partial charge in [-0.25, -0.2) is 0 Å². The maximum absolute atomic E-state index is 12.4. The lowest BCUT2D eigenvalue weighted by molar-refractivity contribution is -0.117. The van der Waals surface area contributed by atoms with Gasteiger partial charge in [0.15, 0.2) is 11.5 Å². The van der Waals surface area contributed by atoms with Gasteiger partial charge >= 0.3 is 6.61 Å². The van der Waals surface area contributed by atoms with Crippen LogP contribution in [0.1, 0.15) is 12.0 Å². The molecule has 0 bridgehead atoms. The molecule has 6 nitrogen and oxygen atoms in total. The molecular formula is C16H18F2N2O4. The van der Waals surface area contributed by atoms with E-state index in [1.54, 1.807) is 13.2 Å². The molecule has 8 heteroatoms. The molecule has 0 aliphatic heterocycles. The molecule has 1 N–H and O–H groups in total. The number of benzene rings is 1. The SMILES string of the molecule is COCCCNC(=O)/C(C#N)=C/c1ccc(OC)c(OC(F)F)c1. The van der Waals surface area contributed by atoms with Crippen LogP contribution < -0.4 is 14.8 Å². The van der Waals surface area contributed by atoms with Crippen molar-refractivity contribution in [2.45, 2.75) is 13.0 Å². The summed E-state index contributed by atoms with van der Waals surface area (Å²) >= 11 is 0. The first kappa shape index (κ1) is 19.4. The summed E-state index contributed by atoms with van der Waals surface area (Å²) in [4.78, 5) is 11.9. The van der Waals surface area contributed by atoms with E-state index in [0.717, 1.165) is 0 Å². The average molecular weight is 340 g/mol. The Kier molecular flexibility index (Phi) is 8.22. The molecule has 0 aliphatic carbocycles. The lowest BCUT2D eigenvalue weighted by atomic mass is 10.1. The first-order valence-corrected chi connectivity index (χ1v) is 7.03. The van der Waals surface area contributed by atoms with E-state index in [4.69, 9.17) is 14.7 Å². The van der Waals surface area contributed by atoms with Gasteiger partial charge in [0.25, 0.3) is 5.91 Å². The van der Waals surface area contributed by atoms with Gasteiger partial charge in [-0.05, 0) is 30.2 Å². The molecule has 1 aromatic carbocycles. The number of alkyl halides is 2. The van der Waals surface area contributed by atoms with Crippen LogP contribution in [0.4, 0.5) is 8.78 Å². The van der Waals surface area contributed by atoms with Crippen molar-refractivity contribution < 1.29 is 27.8 Å². The fraction of sp³-hybridized carbons (Fsp3) is 0.375. The number of amides is 1. The Morgan fingerprint density at radius 3 is 2.71 bits per heavy atom. The molecule has 0 aromatic heterocycles. The molecule has 0 aliphatic rings. The minimum absolute atomic E-state index is 0.120. The van der Waals surface area contributed by atoms with Crippen LogP contribution in [0.5, 0.6) is 11.5 Å². The highest BCUT2D eigenvalue weighted by Gasteiger charge is 2.13. The van der Waals surface area contributed by atoms with Gasteiger partial charge in [0.2, 0.25) is 0 Å². The fourth-order valence-corrected chi connectivity index (χ4v) is 1.80. The van der Waals surface area contributed by atoms with Gasteiger partial charge in [0, 0.05) is 20.3 Å². The minimum Gasteiger partial charge on any atom is -0.493 e. The van der Waals surface area contributed by atoms with E-state index in [1.165, 1.54) is 31.4 Å². The molecule has 0 spiro atoms. The smallest absolute Gasteiger partial charge is 0.387 e. The van der Waals surface area contributed by atoms with Crippen molar-refractivity contribution in [2.75, 3.05) is 27.4 Å². The Balaban J connectivity index is 2.91. The first-order chi connectivity index (χ1) is 11.5. The summed E-state index contributed by atoms with van der Waals surface area (Å²) in [6, 6.07) is 5.97. The molecule has 0 heterocycles. The van der Waals surface area contributed by atoms with Gasteiger partial charge in [-0.15, -0.1) is 0 Å². The van der Waals surface area contributed by atoms with Crippen molar-refractivity contribution in [2.24, 2.45) is 0 Å². The molecule has 0 radical (unpaired) electrons. The number of methoxy groups -OCH3 is 2. The third-order valence-electron chi connectivity index (χ3n) is 2.89. The Bertz CT molecular complexity index is 627. The quantitative estimate of drug-likeness (QED) is 0.424. The molecule has 0 saturated heterocycles. The van der Waals surface area contributed by atoms with Crippen LogP contribution in [-0.4, -0.2) is 39.9 Å². The normalized spacial score (nSPS) is 11.1. The Hall–Kier alpha value is -2.66. The van der Waals surface area contributed by atoms with Crippen molar-refractivity contribution in [3.8, 4) is 17.6 Å². The number of nitriles is 1. The highest BCUT2D eigenvalue weighted by atomic mass is 19.3. The first-order valence-electron chi connectivity index (χ1n) is 7.03. The molecule has 0 atom stereocenters. The highest BCUT2D eigenvalue weighted by Crippen LogP contribution is 2.30. The summed E-state index contributed by atoms with van der Waals surface area (Å²) in [5.74, 6) is -0.616. The maximum atomic E-state index is 12.4. The summed E-state index contributed by atoms with van der Waals surface area (Å²) in [6.45, 7) is -2.18. The molecule has 0 fully saturated rings. The highest BCUT2D eigenvalue weighted by molar-refractivity contribution is 6.01. The van der Waals surface area contributed by atoms with Crippen LogP contribution in [0.2, 0.25) is 0 Å². The van der Waals surface area contributed by atoms with Crippen LogP contribution in [0, 0.1) is 11.3 Å². The van der Waals surface area contributed by atoms with Gasteiger partial charge < -0.3 is 19.5 Å². The van der Waals surface area contributed by atoms with Crippen molar-refractivity contribution in [1.29, 1.82) is 5.26 Å². The van der Waals surface area contributed by atoms with E-state index in [9.17, 15) is 13.6 Å². The number of hydrogen-bond acceptors (Lipinski definition) is 5. The van der Waals surface area contributed by atoms with Gasteiger partial charge in [0.05, 0.1) is 7.11 Å². The van der Waals surface area contributed by atoms with E-state index in [0.29, 0.717) is 25.1 Å². The van der Waals surface area contributed by atoms with Crippen molar-refractivity contribution in [3.05, 3.63) is 29.3 Å². The Morgan fingerprint density at radius 2 is 2.12 bits per heavy atom. The zero-order chi connectivity index (χ0) is 17.9. The second-order valence-corrected chi connectivity index (χ2v) is 4.56. The predicted octanol–water partition coefficient (Wildman–Crippen LogP) is 2.36. The van der Waals surface area contributed by atoms with Gasteiger partial charge in [-0.2, -0.15) is 14.0 Å². The van der Waals surface area contributed by atoms with Gasteiger partial charge in [-0.1, -0.05) is 6.07 Å². The number of halogens is 2. The van der Waals surface area contributed by atoms with Crippen LogP contribution in [0.3, 0.4) is 0 Å². The van der Waals surface area contributed by atoms with E-state index in [2.05, 4.69) is 10.1 Å². The van der Waals surface area contributed by atoms with Crippen LogP contribution in [-0.2, 0) is 9.53 Å². The number of ether oxygens (including phenoxy) is 3. The molecule has 0 unspecified atom stereocenters. The zero-order valence-corrected chi connectivity index (χ0v) is 13.3. The number of nitrogens with one attached hydrogen (secondary N) is 1. The molecule has 1 rings (SSSR count). The van der Waals surface area contributed by atoms with E-state index < -0.39 is 12.5 Å². The second kappa shape index (κ2) is 10.2. The van der Waals surface area contributed by atoms with Crippen molar-refractivity contribution in [3.63, 3.8) is 0 Å². The number of rotatable bonds is 9. The number of hydrogen-bond donors (Lipinski definition) is 1. The Labute approximate surface area is 138 Å². The molecule has 24 heavy (non-hydrogen) atoms. The molecule has 0 saturated carbocycles. The average Bonchev–Trinajstić information content (AvgIpc) is 2.56. The number of carbonyl (C=O) groups is 1. The number of carbonyl (C=O) groups excluding carboxylic acids is 1. The summed E-state index contributed by atoms with van der Waals surface area (Å²) in [6.07, 6.45) is 1.89. The second-order valence-electron chi connectivity index (χ2n) is 4.56. The molecule has 1 aromatic rings. The monoisotopic (exact) mass is 340 g/mol. The lowest BCUT2D eigenvalue weighted by Gasteiger charge is -2.10. The summed E-state index contributed by atoms with van der Waals surface area (Å²) in [7, 11) is 2.86. The van der Waals surface area contributed by atoms with Gasteiger partial charge in [0.1, 0.15) is 11.6 Å².